The Kier molecular flexibility index (Phi) is 3.90. The highest BCUT2D eigenvalue weighted by Crippen LogP contribution is 2.31. The second-order valence-corrected chi connectivity index (χ2v) is 6.00. The summed E-state index contributed by atoms with van der Waals surface area (Å²) in [7, 11) is 0. The van der Waals surface area contributed by atoms with Gasteiger partial charge < -0.3 is 15.4 Å². The maximum absolute atomic E-state index is 11.4. The Labute approximate surface area is 127 Å². The van der Waals surface area contributed by atoms with Gasteiger partial charge in [-0.3, -0.25) is 4.79 Å². The summed E-state index contributed by atoms with van der Waals surface area (Å²) in [5.74, 6) is 0.606. The largest absolute Gasteiger partial charge is 0.482 e. The zero-order valence-electron chi connectivity index (χ0n) is 11.9. The van der Waals surface area contributed by atoms with E-state index in [1.54, 1.807) is 11.3 Å². The first kappa shape index (κ1) is 14.0. The third-order valence-corrected chi connectivity index (χ3v) is 4.42. The molecule has 2 unspecified atom stereocenters. The van der Waals surface area contributed by atoms with E-state index in [9.17, 15) is 4.79 Å². The minimum atomic E-state index is -0.114. The number of amides is 1. The normalized spacial score (nSPS) is 16.6. The summed E-state index contributed by atoms with van der Waals surface area (Å²) in [5.41, 5.74) is 1.84. The minimum absolute atomic E-state index is 0.0846. The van der Waals surface area contributed by atoms with Crippen molar-refractivity contribution in [3.63, 3.8) is 0 Å². The molecule has 2 aromatic rings. The fourth-order valence-electron chi connectivity index (χ4n) is 2.36. The highest BCUT2D eigenvalue weighted by atomic mass is 32.1. The lowest BCUT2D eigenvalue weighted by atomic mass is 10.1. The Morgan fingerprint density at radius 1 is 1.38 bits per heavy atom. The topological polar surface area (TPSA) is 63.2 Å². The fourth-order valence-corrected chi connectivity index (χ4v) is 3.02. The van der Waals surface area contributed by atoms with E-state index >= 15 is 0 Å². The molecule has 0 spiro atoms. The molecule has 5 nitrogen and oxygen atoms in total. The number of benzene rings is 1. The second kappa shape index (κ2) is 5.83. The van der Waals surface area contributed by atoms with Gasteiger partial charge in [0.1, 0.15) is 10.8 Å². The van der Waals surface area contributed by atoms with E-state index in [0.717, 1.165) is 22.0 Å². The number of hydrogen-bond acceptors (Lipinski definition) is 5. The number of nitrogens with zero attached hydrogens (tertiary/aromatic N) is 1. The van der Waals surface area contributed by atoms with Crippen LogP contribution in [-0.2, 0) is 4.79 Å². The lowest BCUT2D eigenvalue weighted by molar-refractivity contribution is -0.118. The van der Waals surface area contributed by atoms with Gasteiger partial charge in [-0.1, -0.05) is 6.07 Å². The van der Waals surface area contributed by atoms with E-state index in [0.29, 0.717) is 0 Å². The molecule has 2 atom stereocenters. The van der Waals surface area contributed by atoms with Crippen LogP contribution in [0.25, 0.3) is 0 Å². The van der Waals surface area contributed by atoms with Crippen LogP contribution in [0.15, 0.2) is 29.8 Å². The summed E-state index contributed by atoms with van der Waals surface area (Å²) in [6, 6.07) is 6.20. The number of nitrogens with one attached hydrogen (secondary N) is 2. The van der Waals surface area contributed by atoms with Crippen LogP contribution in [0.3, 0.4) is 0 Å². The van der Waals surface area contributed by atoms with Crippen LogP contribution in [-0.4, -0.2) is 17.5 Å². The SMILES string of the molecule is CC(NC(C)c1nccs1)c1ccc2c(c1)NC(=O)CO2. The highest BCUT2D eigenvalue weighted by Gasteiger charge is 2.18. The van der Waals surface area contributed by atoms with Crippen molar-refractivity contribution in [3.8, 4) is 5.75 Å². The van der Waals surface area contributed by atoms with E-state index in [2.05, 4.69) is 29.5 Å². The third-order valence-electron chi connectivity index (χ3n) is 3.46. The van der Waals surface area contributed by atoms with E-state index < -0.39 is 0 Å². The average molecular weight is 303 g/mol. The summed E-state index contributed by atoms with van der Waals surface area (Å²) in [6.45, 7) is 4.27. The van der Waals surface area contributed by atoms with Crippen LogP contribution in [0.4, 0.5) is 5.69 Å². The summed E-state index contributed by atoms with van der Waals surface area (Å²) >= 11 is 1.64. The molecule has 3 rings (SSSR count). The van der Waals surface area contributed by atoms with Gasteiger partial charge in [0.15, 0.2) is 6.61 Å². The molecule has 1 aromatic carbocycles. The molecule has 0 fully saturated rings. The summed E-state index contributed by atoms with van der Waals surface area (Å²) < 4.78 is 5.37. The number of ether oxygens (including phenoxy) is 1. The van der Waals surface area contributed by atoms with Gasteiger partial charge >= 0.3 is 0 Å². The third kappa shape index (κ3) is 3.06. The molecular formula is C15H17N3O2S. The van der Waals surface area contributed by atoms with Gasteiger partial charge in [0.25, 0.3) is 5.91 Å². The van der Waals surface area contributed by atoms with Gasteiger partial charge in [-0.2, -0.15) is 0 Å². The number of carbonyl (C=O) groups excluding carboxylic acids is 1. The predicted molar refractivity (Wildman–Crippen MR) is 82.6 cm³/mol. The molecule has 0 saturated heterocycles. The van der Waals surface area contributed by atoms with E-state index in [4.69, 9.17) is 4.74 Å². The lowest BCUT2D eigenvalue weighted by Crippen LogP contribution is -2.26. The minimum Gasteiger partial charge on any atom is -0.482 e. The maximum Gasteiger partial charge on any atom is 0.262 e. The van der Waals surface area contributed by atoms with Gasteiger partial charge in [-0.05, 0) is 31.5 Å². The lowest BCUT2D eigenvalue weighted by Gasteiger charge is -2.22. The Balaban J connectivity index is 1.74. The van der Waals surface area contributed by atoms with Crippen molar-refractivity contribution < 1.29 is 9.53 Å². The standard InChI is InChI=1S/C15H17N3O2S/c1-9(17-10(2)15-16-5-6-21-15)11-3-4-13-12(7-11)18-14(19)8-20-13/h3-7,9-10,17H,8H2,1-2H3,(H,18,19). The van der Waals surface area contributed by atoms with Gasteiger partial charge in [-0.15, -0.1) is 11.3 Å². The quantitative estimate of drug-likeness (QED) is 0.911. The van der Waals surface area contributed by atoms with Crippen LogP contribution in [0, 0.1) is 0 Å². The number of anilines is 1. The van der Waals surface area contributed by atoms with E-state index in [1.165, 1.54) is 0 Å². The molecule has 2 N–H and O–H groups in total. The van der Waals surface area contributed by atoms with Gasteiger partial charge in [0.05, 0.1) is 11.7 Å². The summed E-state index contributed by atoms with van der Waals surface area (Å²) in [4.78, 5) is 15.7. The van der Waals surface area contributed by atoms with Crippen LogP contribution >= 0.6 is 11.3 Å². The second-order valence-electron chi connectivity index (χ2n) is 5.07. The smallest absolute Gasteiger partial charge is 0.262 e. The Morgan fingerprint density at radius 3 is 3.00 bits per heavy atom. The molecule has 0 radical (unpaired) electrons. The molecule has 0 bridgehead atoms. The zero-order chi connectivity index (χ0) is 14.8. The van der Waals surface area contributed by atoms with Crippen LogP contribution in [0.1, 0.15) is 36.5 Å². The number of fused-ring (bicyclic) bond motifs is 1. The Hall–Kier alpha value is -1.92. The molecule has 2 heterocycles. The first-order valence-electron chi connectivity index (χ1n) is 6.85. The molecule has 0 saturated carbocycles. The van der Waals surface area contributed by atoms with Crippen molar-refractivity contribution in [1.29, 1.82) is 0 Å². The number of thiazole rings is 1. The average Bonchev–Trinajstić information content (AvgIpc) is 3.00. The number of aromatic nitrogens is 1. The molecule has 1 aliphatic rings. The maximum atomic E-state index is 11.4. The van der Waals surface area contributed by atoms with E-state index in [-0.39, 0.29) is 24.6 Å². The van der Waals surface area contributed by atoms with Crippen molar-refractivity contribution >= 4 is 22.9 Å². The molecular weight excluding hydrogens is 286 g/mol. The van der Waals surface area contributed by atoms with Crippen molar-refractivity contribution in [2.75, 3.05) is 11.9 Å². The summed E-state index contributed by atoms with van der Waals surface area (Å²) in [5, 5.41) is 9.39. The van der Waals surface area contributed by atoms with Crippen molar-refractivity contribution in [1.82, 2.24) is 10.3 Å². The monoisotopic (exact) mass is 303 g/mol. The zero-order valence-corrected chi connectivity index (χ0v) is 12.7. The van der Waals surface area contributed by atoms with E-state index in [1.807, 2.05) is 29.8 Å². The molecule has 1 amide bonds. The highest BCUT2D eigenvalue weighted by molar-refractivity contribution is 7.09. The van der Waals surface area contributed by atoms with Crippen LogP contribution in [0.5, 0.6) is 5.75 Å². The Bertz CT molecular complexity index is 642. The van der Waals surface area contributed by atoms with Gasteiger partial charge in [0.2, 0.25) is 0 Å². The molecule has 0 aliphatic carbocycles. The van der Waals surface area contributed by atoms with Crippen LogP contribution < -0.4 is 15.4 Å². The molecule has 21 heavy (non-hydrogen) atoms. The first-order chi connectivity index (χ1) is 10.1. The first-order valence-corrected chi connectivity index (χ1v) is 7.73. The van der Waals surface area contributed by atoms with Crippen molar-refractivity contribution in [3.05, 3.63) is 40.3 Å². The summed E-state index contributed by atoms with van der Waals surface area (Å²) in [6.07, 6.45) is 1.81. The molecule has 1 aromatic heterocycles. The molecule has 110 valence electrons. The Morgan fingerprint density at radius 2 is 2.24 bits per heavy atom. The molecule has 1 aliphatic heterocycles. The van der Waals surface area contributed by atoms with Crippen molar-refractivity contribution in [2.45, 2.75) is 25.9 Å². The van der Waals surface area contributed by atoms with Gasteiger partial charge in [0, 0.05) is 17.6 Å². The van der Waals surface area contributed by atoms with Crippen molar-refractivity contribution in [2.24, 2.45) is 0 Å². The predicted octanol–water partition coefficient (Wildman–Crippen LogP) is 2.89. The fraction of sp³-hybridized carbons (Fsp3) is 0.333. The number of rotatable bonds is 4. The molecule has 6 heteroatoms. The van der Waals surface area contributed by atoms with Crippen LogP contribution in [0.2, 0.25) is 0 Å². The van der Waals surface area contributed by atoms with Gasteiger partial charge in [-0.25, -0.2) is 4.98 Å². The number of hydrogen-bond donors (Lipinski definition) is 2. The number of carbonyl (C=O) groups is 1.